The Morgan fingerprint density at radius 1 is 0.952 bits per heavy atom. The van der Waals surface area contributed by atoms with Gasteiger partial charge < -0.3 is 19.4 Å². The van der Waals surface area contributed by atoms with E-state index in [1.807, 2.05) is 0 Å². The highest BCUT2D eigenvalue weighted by molar-refractivity contribution is 5.87. The van der Waals surface area contributed by atoms with Crippen molar-refractivity contribution in [2.75, 3.05) is 14.2 Å². The lowest BCUT2D eigenvalue weighted by molar-refractivity contribution is -0.262. The molecule has 0 spiro atoms. The molecule has 1 heterocycles. The molecule has 1 aromatic heterocycles. The van der Waals surface area contributed by atoms with Crippen molar-refractivity contribution in [2.24, 2.45) is 0 Å². The molecule has 42 heavy (non-hydrogen) atoms. The summed E-state index contributed by atoms with van der Waals surface area (Å²) in [4.78, 5) is 18.3. The van der Waals surface area contributed by atoms with Crippen molar-refractivity contribution in [3.8, 4) is 5.75 Å². The summed E-state index contributed by atoms with van der Waals surface area (Å²) >= 11 is 0. The molecule has 3 aromatic carbocycles. The number of carbonyl (C=O) groups excluding carboxylic acids is 1. The van der Waals surface area contributed by atoms with Gasteiger partial charge in [0, 0.05) is 30.8 Å². The van der Waals surface area contributed by atoms with Crippen LogP contribution in [0.15, 0.2) is 66.7 Å². The number of fused-ring (bicyclic) bond motifs is 1. The number of amides is 1. The fourth-order valence-corrected chi connectivity index (χ4v) is 5.75. The van der Waals surface area contributed by atoms with Crippen molar-refractivity contribution in [2.45, 2.75) is 56.0 Å². The molecular formula is C31H30F5N3O3. The Hall–Kier alpha value is -3.99. The number of halogens is 5. The molecule has 0 radical (unpaired) electrons. The Labute approximate surface area is 239 Å². The van der Waals surface area contributed by atoms with Gasteiger partial charge in [-0.2, -0.15) is 13.2 Å². The molecular weight excluding hydrogens is 557 g/mol. The van der Waals surface area contributed by atoms with Gasteiger partial charge >= 0.3 is 6.18 Å². The molecule has 2 atom stereocenters. The number of aromatic nitrogens is 2. The monoisotopic (exact) mass is 587 g/mol. The van der Waals surface area contributed by atoms with Gasteiger partial charge in [0.1, 0.15) is 11.8 Å². The van der Waals surface area contributed by atoms with E-state index in [0.29, 0.717) is 18.6 Å². The van der Waals surface area contributed by atoms with Crippen LogP contribution in [0.25, 0.3) is 11.0 Å². The molecule has 11 heteroatoms. The molecule has 1 aliphatic rings. The summed E-state index contributed by atoms with van der Waals surface area (Å²) in [5, 5.41) is 2.99. The molecule has 0 bridgehead atoms. The quantitative estimate of drug-likeness (QED) is 0.230. The summed E-state index contributed by atoms with van der Waals surface area (Å²) in [5.41, 5.74) is -3.70. The first-order valence-electron chi connectivity index (χ1n) is 13.6. The van der Waals surface area contributed by atoms with Crippen LogP contribution in [0, 0.1) is 11.6 Å². The van der Waals surface area contributed by atoms with Gasteiger partial charge in [-0.3, -0.25) is 4.79 Å². The summed E-state index contributed by atoms with van der Waals surface area (Å²) in [7, 11) is 2.34. The normalized spacial score (nSPS) is 16.6. The highest BCUT2D eigenvalue weighted by Gasteiger charge is 2.61. The summed E-state index contributed by atoms with van der Waals surface area (Å²) in [6.45, 7) is 0. The average Bonchev–Trinajstić information content (AvgIpc) is 3.32. The predicted octanol–water partition coefficient (Wildman–Crippen LogP) is 6.81. The maximum absolute atomic E-state index is 15.3. The van der Waals surface area contributed by atoms with Gasteiger partial charge in [-0.1, -0.05) is 61.7 Å². The zero-order valence-corrected chi connectivity index (χ0v) is 23.1. The number of methoxy groups -OCH3 is 2. The molecule has 0 aliphatic heterocycles. The number of nitrogens with one attached hydrogen (secondary N) is 1. The molecule has 6 nitrogen and oxygen atoms in total. The van der Waals surface area contributed by atoms with Crippen molar-refractivity contribution < 1.29 is 36.2 Å². The van der Waals surface area contributed by atoms with Crippen molar-refractivity contribution in [3.63, 3.8) is 0 Å². The molecule has 5 rings (SSSR count). The number of imidazole rings is 1. The average molecular weight is 588 g/mol. The van der Waals surface area contributed by atoms with Crippen LogP contribution in [-0.2, 0) is 15.1 Å². The lowest BCUT2D eigenvalue weighted by Crippen LogP contribution is -2.49. The number of benzene rings is 3. The van der Waals surface area contributed by atoms with Crippen molar-refractivity contribution in [1.82, 2.24) is 14.9 Å². The van der Waals surface area contributed by atoms with Crippen LogP contribution in [-0.4, -0.2) is 41.9 Å². The number of hydrogen-bond acceptors (Lipinski definition) is 4. The van der Waals surface area contributed by atoms with Gasteiger partial charge in [0.15, 0.2) is 17.5 Å². The smallest absolute Gasteiger partial charge is 0.429 e. The molecule has 4 aromatic rings. The van der Waals surface area contributed by atoms with E-state index in [9.17, 15) is 13.6 Å². The zero-order valence-electron chi connectivity index (χ0n) is 23.1. The second-order valence-corrected chi connectivity index (χ2v) is 10.3. The third-order valence-electron chi connectivity index (χ3n) is 7.82. The molecule has 0 saturated heterocycles. The summed E-state index contributed by atoms with van der Waals surface area (Å²) in [5.74, 6) is -3.49. The maximum atomic E-state index is 15.3. The molecule has 1 N–H and O–H groups in total. The first-order chi connectivity index (χ1) is 20.1. The molecule has 1 amide bonds. The predicted molar refractivity (Wildman–Crippen MR) is 146 cm³/mol. The van der Waals surface area contributed by atoms with Gasteiger partial charge in [0.25, 0.3) is 0 Å². The van der Waals surface area contributed by atoms with Gasteiger partial charge in [-0.05, 0) is 30.5 Å². The number of rotatable bonds is 8. The Balaban J connectivity index is 1.84. The fourth-order valence-electron chi connectivity index (χ4n) is 5.75. The van der Waals surface area contributed by atoms with E-state index in [1.165, 1.54) is 31.4 Å². The third-order valence-corrected chi connectivity index (χ3v) is 7.82. The van der Waals surface area contributed by atoms with Crippen LogP contribution in [0.1, 0.15) is 55.1 Å². The fraction of sp³-hybridized carbons (Fsp3) is 0.355. The number of hydrogen-bond donors (Lipinski definition) is 1. The summed E-state index contributed by atoms with van der Waals surface area (Å²) in [6.07, 6.45) is -0.856. The van der Waals surface area contributed by atoms with Crippen LogP contribution >= 0.6 is 0 Å². The highest BCUT2D eigenvalue weighted by atomic mass is 19.4. The standard InChI is InChI=1S/C31H30F5N3O3/c1-41-22-15-13-19(14-16-22)27(28(40)37-21-11-7-4-8-12-21)39-26-18-24(33)23(32)17-25(26)38-29(39)30(42-2,31(34,35)36)20-9-5-3-6-10-20/h3,5-6,9-10,13-18,21,27H,4,7-8,11-12H2,1-2H3,(H,37,40). The number of alkyl halides is 3. The van der Waals surface area contributed by atoms with E-state index in [-0.39, 0.29) is 28.2 Å². The summed E-state index contributed by atoms with van der Waals surface area (Å²) in [6, 6.07) is 12.9. The third kappa shape index (κ3) is 5.21. The lowest BCUT2D eigenvalue weighted by atomic mass is 9.90. The molecule has 1 saturated carbocycles. The molecule has 1 aliphatic carbocycles. The number of nitrogens with zero attached hydrogens (tertiary/aromatic N) is 2. The number of carbonyl (C=O) groups is 1. The second-order valence-electron chi connectivity index (χ2n) is 10.3. The minimum absolute atomic E-state index is 0.191. The van der Waals surface area contributed by atoms with Crippen molar-refractivity contribution >= 4 is 16.9 Å². The van der Waals surface area contributed by atoms with Crippen LogP contribution in [0.2, 0.25) is 0 Å². The molecule has 1 fully saturated rings. The number of ether oxygens (including phenoxy) is 2. The highest BCUT2D eigenvalue weighted by Crippen LogP contribution is 2.48. The second kappa shape index (κ2) is 11.7. The molecule has 222 valence electrons. The minimum atomic E-state index is -5.11. The first kappa shape index (κ1) is 29.5. The molecule has 2 unspecified atom stereocenters. The Morgan fingerprint density at radius 2 is 1.60 bits per heavy atom. The SMILES string of the molecule is COc1ccc(C(C(=O)NC2CCCCC2)n2c(C(OC)(c3ccccc3)C(F)(F)F)nc3cc(F)c(F)cc32)cc1. The van der Waals surface area contributed by atoms with E-state index < -0.39 is 41.2 Å². The van der Waals surface area contributed by atoms with Gasteiger partial charge in [-0.15, -0.1) is 0 Å². The van der Waals surface area contributed by atoms with E-state index in [2.05, 4.69) is 10.3 Å². The zero-order chi connectivity index (χ0) is 30.1. The van der Waals surface area contributed by atoms with E-state index in [4.69, 9.17) is 9.47 Å². The van der Waals surface area contributed by atoms with E-state index in [0.717, 1.165) is 43.1 Å². The van der Waals surface area contributed by atoms with Crippen molar-refractivity contribution in [1.29, 1.82) is 0 Å². The Morgan fingerprint density at radius 3 is 2.19 bits per heavy atom. The maximum Gasteiger partial charge on any atom is 0.429 e. The Kier molecular flexibility index (Phi) is 8.23. The topological polar surface area (TPSA) is 65.4 Å². The largest absolute Gasteiger partial charge is 0.497 e. The van der Waals surface area contributed by atoms with Gasteiger partial charge in [0.2, 0.25) is 11.5 Å². The van der Waals surface area contributed by atoms with Crippen molar-refractivity contribution in [3.05, 3.63) is 95.3 Å². The Bertz CT molecular complexity index is 1550. The summed E-state index contributed by atoms with van der Waals surface area (Å²) < 4.78 is 86.6. The van der Waals surface area contributed by atoms with E-state index >= 15 is 13.2 Å². The van der Waals surface area contributed by atoms with Gasteiger partial charge in [0.05, 0.1) is 18.1 Å². The van der Waals surface area contributed by atoms with E-state index in [1.54, 1.807) is 30.3 Å². The van der Waals surface area contributed by atoms with Crippen LogP contribution in [0.5, 0.6) is 5.75 Å². The van der Waals surface area contributed by atoms with Crippen LogP contribution in [0.3, 0.4) is 0 Å². The van der Waals surface area contributed by atoms with Crippen LogP contribution in [0.4, 0.5) is 22.0 Å². The first-order valence-corrected chi connectivity index (χ1v) is 13.6. The van der Waals surface area contributed by atoms with Crippen LogP contribution < -0.4 is 10.1 Å². The lowest BCUT2D eigenvalue weighted by Gasteiger charge is -2.36. The van der Waals surface area contributed by atoms with Gasteiger partial charge in [-0.25, -0.2) is 13.8 Å². The minimum Gasteiger partial charge on any atom is -0.497 e.